The summed E-state index contributed by atoms with van der Waals surface area (Å²) in [7, 11) is 3.30. The second-order valence-corrected chi connectivity index (χ2v) is 9.94. The van der Waals surface area contributed by atoms with Gasteiger partial charge in [-0.1, -0.05) is 47.6 Å². The van der Waals surface area contributed by atoms with Crippen molar-refractivity contribution in [3.8, 4) is 23.1 Å². The number of oxime groups is 1. The highest BCUT2D eigenvalue weighted by Gasteiger charge is 2.34. The lowest BCUT2D eigenvalue weighted by atomic mass is 9.81. The Balaban J connectivity index is 1.29. The fraction of sp³-hybridized carbons (Fsp3) is 0.152. The SMILES string of the molecule is COc1ccc(/C(C)=N/OCc2nc3c4c(ncn3n2)Oc2ccc3ccccc3c2[C@@H]4c2ccc(OC)cc2)cc1. The van der Waals surface area contributed by atoms with Crippen molar-refractivity contribution in [3.63, 3.8) is 0 Å². The van der Waals surface area contributed by atoms with E-state index < -0.39 is 0 Å². The van der Waals surface area contributed by atoms with E-state index in [1.807, 2.05) is 61.5 Å². The highest BCUT2D eigenvalue weighted by Crippen LogP contribution is 2.50. The molecule has 0 unspecified atom stereocenters. The average Bonchev–Trinajstić information content (AvgIpc) is 3.47. The number of fused-ring (bicyclic) bond motifs is 6. The van der Waals surface area contributed by atoms with Crippen molar-refractivity contribution in [2.24, 2.45) is 5.16 Å². The maximum atomic E-state index is 6.40. The third kappa shape index (κ3) is 4.45. The largest absolute Gasteiger partial charge is 0.497 e. The summed E-state index contributed by atoms with van der Waals surface area (Å²) >= 11 is 0. The summed E-state index contributed by atoms with van der Waals surface area (Å²) in [5.41, 5.74) is 5.27. The van der Waals surface area contributed by atoms with E-state index in [0.29, 0.717) is 17.4 Å². The molecule has 9 heteroatoms. The van der Waals surface area contributed by atoms with Gasteiger partial charge in [-0.25, -0.2) is 14.5 Å². The van der Waals surface area contributed by atoms with Gasteiger partial charge in [-0.05, 0) is 71.3 Å². The third-order valence-electron chi connectivity index (χ3n) is 7.50. The summed E-state index contributed by atoms with van der Waals surface area (Å²) in [6.45, 7) is 1.98. The van der Waals surface area contributed by atoms with Gasteiger partial charge >= 0.3 is 0 Å². The standard InChI is InChI=1S/C33H27N5O4/c1-20(21-8-13-24(39-2)14-9-21)37-41-18-28-35-32-31-29(23-10-15-25(40-3)16-11-23)30-26-7-5-4-6-22(26)12-17-27(30)42-33(31)34-19-38(32)36-28/h4-17,19,29H,18H2,1-3H3/b37-20+/t29-/m0/s1. The molecule has 42 heavy (non-hydrogen) atoms. The van der Waals surface area contributed by atoms with Crippen LogP contribution in [0, 0.1) is 0 Å². The number of ether oxygens (including phenoxy) is 3. The van der Waals surface area contributed by atoms with E-state index in [-0.39, 0.29) is 12.5 Å². The number of rotatable bonds is 7. The molecule has 0 radical (unpaired) electrons. The highest BCUT2D eigenvalue weighted by molar-refractivity contribution is 5.98. The summed E-state index contributed by atoms with van der Waals surface area (Å²) < 4.78 is 18.7. The lowest BCUT2D eigenvalue weighted by Gasteiger charge is -2.29. The molecule has 0 spiro atoms. The molecule has 9 nitrogen and oxygen atoms in total. The fourth-order valence-electron chi connectivity index (χ4n) is 5.41. The van der Waals surface area contributed by atoms with Crippen LogP contribution in [0.5, 0.6) is 23.1 Å². The first-order valence-electron chi connectivity index (χ1n) is 13.5. The minimum absolute atomic E-state index is 0.0948. The first kappa shape index (κ1) is 25.5. The fourth-order valence-corrected chi connectivity index (χ4v) is 5.41. The van der Waals surface area contributed by atoms with Crippen LogP contribution in [0.1, 0.15) is 40.9 Å². The highest BCUT2D eigenvalue weighted by atomic mass is 16.6. The molecule has 0 saturated carbocycles. The van der Waals surface area contributed by atoms with E-state index >= 15 is 0 Å². The molecular formula is C33H27N5O4. The maximum Gasteiger partial charge on any atom is 0.228 e. The molecule has 0 amide bonds. The Morgan fingerprint density at radius 2 is 1.62 bits per heavy atom. The third-order valence-corrected chi connectivity index (χ3v) is 7.50. The van der Waals surface area contributed by atoms with Crippen molar-refractivity contribution in [1.29, 1.82) is 0 Å². The Kier molecular flexibility index (Phi) is 6.39. The van der Waals surface area contributed by atoms with Gasteiger partial charge in [-0.15, -0.1) is 5.10 Å². The van der Waals surface area contributed by atoms with E-state index in [1.165, 1.54) is 0 Å². The van der Waals surface area contributed by atoms with Gasteiger partial charge in [0, 0.05) is 11.5 Å². The van der Waals surface area contributed by atoms with E-state index in [1.54, 1.807) is 25.1 Å². The van der Waals surface area contributed by atoms with Crippen molar-refractivity contribution in [2.45, 2.75) is 19.4 Å². The Bertz CT molecular complexity index is 1950. The quantitative estimate of drug-likeness (QED) is 0.163. The van der Waals surface area contributed by atoms with Crippen LogP contribution in [-0.2, 0) is 11.4 Å². The van der Waals surface area contributed by atoms with Crippen LogP contribution < -0.4 is 14.2 Å². The Hall–Kier alpha value is -5.44. The molecule has 1 aliphatic heterocycles. The van der Waals surface area contributed by atoms with Gasteiger partial charge in [0.25, 0.3) is 0 Å². The summed E-state index contributed by atoms with van der Waals surface area (Å²) in [5.74, 6) is 3.11. The van der Waals surface area contributed by atoms with Gasteiger partial charge in [-0.2, -0.15) is 0 Å². The van der Waals surface area contributed by atoms with Gasteiger partial charge in [-0.3, -0.25) is 0 Å². The Morgan fingerprint density at radius 3 is 2.38 bits per heavy atom. The van der Waals surface area contributed by atoms with Gasteiger partial charge in [0.05, 0.1) is 25.5 Å². The number of methoxy groups -OCH3 is 2. The molecule has 6 aromatic rings. The monoisotopic (exact) mass is 557 g/mol. The molecule has 1 atom stereocenters. The zero-order valence-corrected chi connectivity index (χ0v) is 23.3. The molecule has 0 bridgehead atoms. The van der Waals surface area contributed by atoms with Crippen LogP contribution in [0.4, 0.5) is 0 Å². The normalized spacial score (nSPS) is 14.3. The second-order valence-electron chi connectivity index (χ2n) is 9.94. The van der Waals surface area contributed by atoms with Crippen LogP contribution in [0.25, 0.3) is 16.4 Å². The second kappa shape index (κ2) is 10.5. The van der Waals surface area contributed by atoms with Gasteiger partial charge < -0.3 is 19.0 Å². The first-order chi connectivity index (χ1) is 20.6. The van der Waals surface area contributed by atoms with Crippen LogP contribution in [0.3, 0.4) is 0 Å². The van der Waals surface area contributed by atoms with Gasteiger partial charge in [0.15, 0.2) is 18.1 Å². The van der Waals surface area contributed by atoms with E-state index in [2.05, 4.69) is 45.6 Å². The van der Waals surface area contributed by atoms with Crippen LogP contribution >= 0.6 is 0 Å². The Labute approximate surface area is 242 Å². The van der Waals surface area contributed by atoms with Crippen molar-refractivity contribution in [3.05, 3.63) is 119 Å². The van der Waals surface area contributed by atoms with E-state index in [4.69, 9.17) is 24.0 Å². The molecule has 208 valence electrons. The maximum absolute atomic E-state index is 6.40. The number of hydrogen-bond donors (Lipinski definition) is 0. The molecule has 0 saturated heterocycles. The minimum Gasteiger partial charge on any atom is -0.497 e. The summed E-state index contributed by atoms with van der Waals surface area (Å²) in [5, 5.41) is 11.2. The molecule has 0 N–H and O–H groups in total. The zero-order chi connectivity index (χ0) is 28.6. The van der Waals surface area contributed by atoms with Crippen LogP contribution in [-0.4, -0.2) is 39.5 Å². The molecule has 4 aromatic carbocycles. The predicted octanol–water partition coefficient (Wildman–Crippen LogP) is 6.52. The molecule has 2 aromatic heterocycles. The predicted molar refractivity (Wildman–Crippen MR) is 159 cm³/mol. The van der Waals surface area contributed by atoms with Crippen molar-refractivity contribution in [1.82, 2.24) is 19.6 Å². The summed E-state index contributed by atoms with van der Waals surface area (Å²) in [6.07, 6.45) is 1.62. The van der Waals surface area contributed by atoms with Crippen molar-refractivity contribution in [2.75, 3.05) is 14.2 Å². The van der Waals surface area contributed by atoms with Gasteiger partial charge in [0.1, 0.15) is 23.6 Å². The molecule has 1 aliphatic rings. The number of hydrogen-bond acceptors (Lipinski definition) is 8. The Morgan fingerprint density at radius 1 is 0.881 bits per heavy atom. The summed E-state index contributed by atoms with van der Waals surface area (Å²) in [4.78, 5) is 15.2. The molecule has 0 fully saturated rings. The topological polar surface area (TPSA) is 92.4 Å². The minimum atomic E-state index is -0.203. The van der Waals surface area contributed by atoms with Crippen LogP contribution in [0.15, 0.2) is 96.4 Å². The summed E-state index contributed by atoms with van der Waals surface area (Å²) in [6, 6.07) is 28.1. The van der Waals surface area contributed by atoms with E-state index in [0.717, 1.165) is 56.0 Å². The number of benzene rings is 4. The van der Waals surface area contributed by atoms with Crippen LogP contribution in [0.2, 0.25) is 0 Å². The van der Waals surface area contributed by atoms with Crippen molar-refractivity contribution < 1.29 is 19.0 Å². The first-order valence-corrected chi connectivity index (χ1v) is 13.5. The average molecular weight is 558 g/mol. The lowest BCUT2D eigenvalue weighted by Crippen LogP contribution is -2.15. The smallest absolute Gasteiger partial charge is 0.228 e. The lowest BCUT2D eigenvalue weighted by molar-refractivity contribution is 0.125. The molecular weight excluding hydrogens is 530 g/mol. The molecule has 0 aliphatic carbocycles. The van der Waals surface area contributed by atoms with Gasteiger partial charge in [0.2, 0.25) is 5.88 Å². The van der Waals surface area contributed by atoms with E-state index in [9.17, 15) is 0 Å². The molecule has 3 heterocycles. The number of nitrogens with zero attached hydrogens (tertiary/aromatic N) is 5. The molecule has 7 rings (SSSR count). The number of aromatic nitrogens is 4. The zero-order valence-electron chi connectivity index (χ0n) is 23.3. The van der Waals surface area contributed by atoms with Crippen molar-refractivity contribution >= 4 is 22.1 Å².